The number of anilines is 1. The van der Waals surface area contributed by atoms with Gasteiger partial charge in [0.25, 0.3) is 5.91 Å². The Morgan fingerprint density at radius 3 is 2.00 bits per heavy atom. The van der Waals surface area contributed by atoms with Gasteiger partial charge in [0.05, 0.1) is 0 Å². The van der Waals surface area contributed by atoms with Crippen LogP contribution in [0.3, 0.4) is 0 Å². The molecular formula is C21H16FNO. The molecule has 0 saturated heterocycles. The molecule has 1 N–H and O–H groups in total. The summed E-state index contributed by atoms with van der Waals surface area (Å²) in [5.74, 6) is -0.576. The quantitative estimate of drug-likeness (QED) is 0.532. The molecule has 3 heteroatoms. The van der Waals surface area contributed by atoms with Gasteiger partial charge in [0.1, 0.15) is 5.82 Å². The van der Waals surface area contributed by atoms with Gasteiger partial charge in [0, 0.05) is 11.3 Å². The van der Waals surface area contributed by atoms with Crippen LogP contribution in [0.25, 0.3) is 11.6 Å². The number of benzene rings is 3. The molecule has 3 rings (SSSR count). The molecule has 0 saturated carbocycles. The minimum Gasteiger partial charge on any atom is -0.322 e. The van der Waals surface area contributed by atoms with E-state index < -0.39 is 0 Å². The van der Waals surface area contributed by atoms with Gasteiger partial charge in [-0.15, -0.1) is 0 Å². The lowest BCUT2D eigenvalue weighted by Crippen LogP contribution is -2.13. The Balaban J connectivity index is 1.94. The van der Waals surface area contributed by atoms with E-state index in [1.165, 1.54) is 12.1 Å². The normalized spacial score (nSPS) is 11.1. The second-order valence-corrected chi connectivity index (χ2v) is 5.30. The fraction of sp³-hybridized carbons (Fsp3) is 0. The SMILES string of the molecule is O=C(Nc1ccc(F)cc1)/C(=C\c1ccccc1)c1ccccc1. The van der Waals surface area contributed by atoms with Crippen molar-refractivity contribution in [1.82, 2.24) is 0 Å². The molecule has 2 nitrogen and oxygen atoms in total. The first-order valence-electron chi connectivity index (χ1n) is 7.61. The van der Waals surface area contributed by atoms with Crippen molar-refractivity contribution in [3.63, 3.8) is 0 Å². The predicted octanol–water partition coefficient (Wildman–Crippen LogP) is 5.01. The number of hydrogen-bond donors (Lipinski definition) is 1. The van der Waals surface area contributed by atoms with E-state index in [9.17, 15) is 9.18 Å². The molecule has 0 unspecified atom stereocenters. The minimum atomic E-state index is -0.337. The first-order valence-corrected chi connectivity index (χ1v) is 7.61. The van der Waals surface area contributed by atoms with Crippen LogP contribution in [-0.2, 0) is 4.79 Å². The van der Waals surface area contributed by atoms with Gasteiger partial charge in [0.2, 0.25) is 0 Å². The van der Waals surface area contributed by atoms with Crippen LogP contribution in [0.2, 0.25) is 0 Å². The van der Waals surface area contributed by atoms with Gasteiger partial charge in [-0.1, -0.05) is 60.7 Å². The van der Waals surface area contributed by atoms with Crippen molar-refractivity contribution in [2.24, 2.45) is 0 Å². The number of nitrogens with one attached hydrogen (secondary N) is 1. The number of amides is 1. The zero-order valence-electron chi connectivity index (χ0n) is 12.9. The van der Waals surface area contributed by atoms with Crippen molar-refractivity contribution < 1.29 is 9.18 Å². The Labute approximate surface area is 140 Å². The molecule has 3 aromatic rings. The summed E-state index contributed by atoms with van der Waals surface area (Å²) in [5, 5.41) is 2.81. The van der Waals surface area contributed by atoms with Crippen molar-refractivity contribution in [3.05, 3.63) is 102 Å². The summed E-state index contributed by atoms with van der Waals surface area (Å²) in [6.07, 6.45) is 1.84. The second-order valence-electron chi connectivity index (χ2n) is 5.30. The fourth-order valence-electron chi connectivity index (χ4n) is 2.35. The van der Waals surface area contributed by atoms with E-state index in [4.69, 9.17) is 0 Å². The summed E-state index contributed by atoms with van der Waals surface area (Å²) in [4.78, 5) is 12.7. The zero-order valence-corrected chi connectivity index (χ0v) is 12.9. The van der Waals surface area contributed by atoms with Gasteiger partial charge in [-0.05, 0) is 41.5 Å². The standard InChI is InChI=1S/C21H16FNO/c22-18-11-13-19(14-12-18)23-21(24)20(17-9-5-2-6-10-17)15-16-7-3-1-4-8-16/h1-15H,(H,23,24)/b20-15-. The van der Waals surface area contributed by atoms with Crippen molar-refractivity contribution in [1.29, 1.82) is 0 Å². The Hall–Kier alpha value is -3.20. The Bertz CT molecular complexity index is 840. The van der Waals surface area contributed by atoms with E-state index in [0.29, 0.717) is 11.3 Å². The lowest BCUT2D eigenvalue weighted by Gasteiger charge is -2.10. The van der Waals surface area contributed by atoms with Crippen molar-refractivity contribution in [2.45, 2.75) is 0 Å². The molecule has 3 aromatic carbocycles. The summed E-state index contributed by atoms with van der Waals surface area (Å²) >= 11 is 0. The maximum atomic E-state index is 13.0. The average molecular weight is 317 g/mol. The third-order valence-corrected chi connectivity index (χ3v) is 3.54. The lowest BCUT2D eigenvalue weighted by molar-refractivity contribution is -0.111. The van der Waals surface area contributed by atoms with Crippen molar-refractivity contribution >= 4 is 23.2 Å². The Morgan fingerprint density at radius 1 is 0.792 bits per heavy atom. The highest BCUT2D eigenvalue weighted by atomic mass is 19.1. The molecule has 0 aliphatic rings. The van der Waals surface area contributed by atoms with Crippen LogP contribution in [0.4, 0.5) is 10.1 Å². The fourth-order valence-corrected chi connectivity index (χ4v) is 2.35. The molecular weight excluding hydrogens is 301 g/mol. The lowest BCUT2D eigenvalue weighted by atomic mass is 10.0. The van der Waals surface area contributed by atoms with Crippen molar-refractivity contribution in [2.75, 3.05) is 5.32 Å². The van der Waals surface area contributed by atoms with Gasteiger partial charge < -0.3 is 5.32 Å². The van der Waals surface area contributed by atoms with Gasteiger partial charge in [-0.25, -0.2) is 4.39 Å². The monoisotopic (exact) mass is 317 g/mol. The molecule has 24 heavy (non-hydrogen) atoms. The predicted molar refractivity (Wildman–Crippen MR) is 95.8 cm³/mol. The van der Waals surface area contributed by atoms with Crippen LogP contribution in [0, 0.1) is 5.82 Å². The first-order chi connectivity index (χ1) is 11.7. The van der Waals surface area contributed by atoms with E-state index in [1.807, 2.05) is 66.7 Å². The molecule has 0 aromatic heterocycles. The summed E-state index contributed by atoms with van der Waals surface area (Å²) < 4.78 is 13.0. The second kappa shape index (κ2) is 7.38. The maximum Gasteiger partial charge on any atom is 0.256 e. The highest BCUT2D eigenvalue weighted by molar-refractivity contribution is 6.29. The zero-order chi connectivity index (χ0) is 16.8. The smallest absolute Gasteiger partial charge is 0.256 e. The van der Waals surface area contributed by atoms with E-state index in [2.05, 4.69) is 5.32 Å². The van der Waals surface area contributed by atoms with Crippen LogP contribution in [0.1, 0.15) is 11.1 Å². The van der Waals surface area contributed by atoms with E-state index in [1.54, 1.807) is 12.1 Å². The van der Waals surface area contributed by atoms with Crippen LogP contribution < -0.4 is 5.32 Å². The van der Waals surface area contributed by atoms with E-state index in [-0.39, 0.29) is 11.7 Å². The molecule has 0 atom stereocenters. The van der Waals surface area contributed by atoms with Crippen LogP contribution >= 0.6 is 0 Å². The average Bonchev–Trinajstić information content (AvgIpc) is 2.63. The molecule has 0 radical (unpaired) electrons. The molecule has 0 aliphatic heterocycles. The maximum absolute atomic E-state index is 13.0. The third kappa shape index (κ3) is 3.96. The summed E-state index contributed by atoms with van der Waals surface area (Å²) in [6, 6.07) is 24.8. The molecule has 0 spiro atoms. The number of carbonyl (C=O) groups excluding carboxylic acids is 1. The number of carbonyl (C=O) groups is 1. The molecule has 0 bridgehead atoms. The summed E-state index contributed by atoms with van der Waals surface area (Å²) in [5.41, 5.74) is 2.86. The van der Waals surface area contributed by atoms with Crippen LogP contribution in [-0.4, -0.2) is 5.91 Å². The van der Waals surface area contributed by atoms with Gasteiger partial charge in [-0.2, -0.15) is 0 Å². The number of rotatable bonds is 4. The Kier molecular flexibility index (Phi) is 4.82. The molecule has 0 fully saturated rings. The molecule has 0 aliphatic carbocycles. The largest absolute Gasteiger partial charge is 0.322 e. The number of hydrogen-bond acceptors (Lipinski definition) is 1. The highest BCUT2D eigenvalue weighted by Gasteiger charge is 2.12. The van der Waals surface area contributed by atoms with Crippen LogP contribution in [0.5, 0.6) is 0 Å². The van der Waals surface area contributed by atoms with Gasteiger partial charge >= 0.3 is 0 Å². The topological polar surface area (TPSA) is 29.1 Å². The minimum absolute atomic E-state index is 0.239. The van der Waals surface area contributed by atoms with E-state index >= 15 is 0 Å². The third-order valence-electron chi connectivity index (χ3n) is 3.54. The van der Waals surface area contributed by atoms with Crippen LogP contribution in [0.15, 0.2) is 84.9 Å². The molecule has 0 heterocycles. The van der Waals surface area contributed by atoms with Gasteiger partial charge in [0.15, 0.2) is 0 Å². The first kappa shape index (κ1) is 15.7. The highest BCUT2D eigenvalue weighted by Crippen LogP contribution is 2.20. The molecule has 118 valence electrons. The molecule has 1 amide bonds. The van der Waals surface area contributed by atoms with Crippen molar-refractivity contribution in [3.8, 4) is 0 Å². The van der Waals surface area contributed by atoms with Gasteiger partial charge in [-0.3, -0.25) is 4.79 Å². The van der Waals surface area contributed by atoms with E-state index in [0.717, 1.165) is 11.1 Å². The summed E-state index contributed by atoms with van der Waals surface area (Å²) in [6.45, 7) is 0. The summed E-state index contributed by atoms with van der Waals surface area (Å²) in [7, 11) is 0. The number of halogens is 1. The Morgan fingerprint density at radius 2 is 1.38 bits per heavy atom.